The van der Waals surface area contributed by atoms with Crippen LogP contribution in [0.4, 0.5) is 16.0 Å². The van der Waals surface area contributed by atoms with Crippen LogP contribution < -0.4 is 10.2 Å². The maximum absolute atomic E-state index is 13.4. The number of benzene rings is 1. The Bertz CT molecular complexity index is 1170. The van der Waals surface area contributed by atoms with Crippen LogP contribution in [-0.2, 0) is 17.8 Å². The summed E-state index contributed by atoms with van der Waals surface area (Å²) in [6, 6.07) is 6.53. The molecule has 1 N–H and O–H groups in total. The van der Waals surface area contributed by atoms with Gasteiger partial charge in [0, 0.05) is 55.8 Å². The number of imidazole rings is 1. The van der Waals surface area contributed by atoms with Crippen molar-refractivity contribution < 1.29 is 9.18 Å². The minimum absolute atomic E-state index is 0.162. The molecule has 0 unspecified atom stereocenters. The Morgan fingerprint density at radius 2 is 1.91 bits per heavy atom. The molecule has 178 valence electrons. The number of hydrogen-bond acceptors (Lipinski definition) is 7. The molecule has 4 heterocycles. The lowest BCUT2D eigenvalue weighted by Crippen LogP contribution is -2.36. The summed E-state index contributed by atoms with van der Waals surface area (Å²) in [5.74, 6) is 2.97. The minimum Gasteiger partial charge on any atom is -0.363 e. The molecule has 0 saturated carbocycles. The number of aromatic nitrogens is 4. The third kappa shape index (κ3) is 4.65. The topological polar surface area (TPSA) is 79.2 Å². The lowest BCUT2D eigenvalue weighted by atomic mass is 9.95. The fraction of sp³-hybridized carbons (Fsp3) is 0.440. The molecular weight excluding hydrogens is 433 g/mol. The average Bonchev–Trinajstić information content (AvgIpc) is 3.27. The van der Waals surface area contributed by atoms with Gasteiger partial charge in [-0.3, -0.25) is 4.79 Å². The molecule has 0 amide bonds. The van der Waals surface area contributed by atoms with Gasteiger partial charge >= 0.3 is 0 Å². The number of likely N-dealkylation sites (N-methyl/N-ethyl adjacent to an activating group) is 1. The summed E-state index contributed by atoms with van der Waals surface area (Å²) in [4.78, 5) is 30.3. The van der Waals surface area contributed by atoms with E-state index >= 15 is 0 Å². The Hall–Kier alpha value is -3.33. The van der Waals surface area contributed by atoms with Crippen molar-refractivity contribution in [1.29, 1.82) is 0 Å². The molecular formula is C25H30FN7O. The summed E-state index contributed by atoms with van der Waals surface area (Å²) in [7, 11) is 4.13. The number of piperidine rings is 1. The first-order chi connectivity index (χ1) is 16.5. The highest BCUT2D eigenvalue weighted by molar-refractivity contribution is 5.90. The largest absolute Gasteiger partial charge is 0.363 e. The van der Waals surface area contributed by atoms with Gasteiger partial charge in [0.1, 0.15) is 29.6 Å². The Kier molecular flexibility index (Phi) is 6.28. The SMILES string of the molecule is CN(C)CCn1cc(-c2ccc(F)cc2)nc1C1CCN(c2ncnc3c2CC(=O)CN3)CC1. The van der Waals surface area contributed by atoms with Crippen LogP contribution in [-0.4, -0.2) is 70.5 Å². The van der Waals surface area contributed by atoms with Gasteiger partial charge in [-0.25, -0.2) is 19.3 Å². The van der Waals surface area contributed by atoms with Gasteiger partial charge in [-0.15, -0.1) is 0 Å². The maximum atomic E-state index is 13.4. The first kappa shape index (κ1) is 22.5. The zero-order valence-electron chi connectivity index (χ0n) is 19.7. The monoisotopic (exact) mass is 463 g/mol. The number of anilines is 2. The van der Waals surface area contributed by atoms with E-state index in [0.717, 1.165) is 73.3 Å². The van der Waals surface area contributed by atoms with Gasteiger partial charge in [-0.05, 0) is 51.2 Å². The number of Topliss-reactive ketones (excluding diaryl/α,β-unsaturated/α-hetero) is 1. The van der Waals surface area contributed by atoms with Gasteiger partial charge in [0.05, 0.1) is 12.2 Å². The fourth-order valence-corrected chi connectivity index (χ4v) is 4.78. The molecule has 2 aromatic heterocycles. The van der Waals surface area contributed by atoms with Crippen LogP contribution in [0.25, 0.3) is 11.3 Å². The van der Waals surface area contributed by atoms with E-state index in [9.17, 15) is 9.18 Å². The predicted molar refractivity (Wildman–Crippen MR) is 130 cm³/mol. The Labute approximate surface area is 198 Å². The normalized spacial score (nSPS) is 16.6. The Morgan fingerprint density at radius 1 is 1.15 bits per heavy atom. The highest BCUT2D eigenvalue weighted by atomic mass is 19.1. The molecule has 8 nitrogen and oxygen atoms in total. The van der Waals surface area contributed by atoms with Crippen LogP contribution >= 0.6 is 0 Å². The standard InChI is InChI=1S/C25H30FN7O/c1-31(2)11-12-33-15-22(17-3-5-19(26)6-4-17)30-24(33)18-7-9-32(10-8-18)25-21-13-20(34)14-27-23(21)28-16-29-25/h3-6,15-16,18H,7-14H2,1-2H3,(H,27,28,29). The molecule has 0 atom stereocenters. The summed E-state index contributed by atoms with van der Waals surface area (Å²) in [6.07, 6.45) is 5.95. The lowest BCUT2D eigenvalue weighted by molar-refractivity contribution is -0.117. The molecule has 1 fully saturated rings. The summed E-state index contributed by atoms with van der Waals surface area (Å²) < 4.78 is 15.7. The molecule has 1 aromatic carbocycles. The number of nitrogens with zero attached hydrogens (tertiary/aromatic N) is 6. The Morgan fingerprint density at radius 3 is 2.65 bits per heavy atom. The van der Waals surface area contributed by atoms with Crippen molar-refractivity contribution in [3.63, 3.8) is 0 Å². The summed E-state index contributed by atoms with van der Waals surface area (Å²) in [5.41, 5.74) is 2.71. The van der Waals surface area contributed by atoms with Crippen LogP contribution in [0.2, 0.25) is 0 Å². The third-order valence-corrected chi connectivity index (χ3v) is 6.64. The van der Waals surface area contributed by atoms with Gasteiger partial charge in [0.15, 0.2) is 5.78 Å². The van der Waals surface area contributed by atoms with E-state index in [1.165, 1.54) is 12.1 Å². The van der Waals surface area contributed by atoms with Crippen molar-refractivity contribution in [2.24, 2.45) is 0 Å². The number of hydrogen-bond donors (Lipinski definition) is 1. The van der Waals surface area contributed by atoms with E-state index in [4.69, 9.17) is 4.98 Å². The van der Waals surface area contributed by atoms with E-state index in [1.807, 2.05) is 0 Å². The second kappa shape index (κ2) is 9.50. The molecule has 0 spiro atoms. The van der Waals surface area contributed by atoms with E-state index < -0.39 is 0 Å². The van der Waals surface area contributed by atoms with Gasteiger partial charge in [-0.2, -0.15) is 0 Å². The third-order valence-electron chi connectivity index (χ3n) is 6.64. The van der Waals surface area contributed by atoms with Crippen molar-refractivity contribution in [2.75, 3.05) is 50.5 Å². The Balaban J connectivity index is 1.36. The number of halogens is 1. The number of ketones is 1. The lowest BCUT2D eigenvalue weighted by Gasteiger charge is -2.34. The molecule has 2 aliphatic rings. The van der Waals surface area contributed by atoms with E-state index in [0.29, 0.717) is 18.9 Å². The van der Waals surface area contributed by atoms with Crippen molar-refractivity contribution in [3.8, 4) is 11.3 Å². The molecule has 34 heavy (non-hydrogen) atoms. The first-order valence-corrected chi connectivity index (χ1v) is 11.8. The zero-order chi connectivity index (χ0) is 23.7. The fourth-order valence-electron chi connectivity index (χ4n) is 4.78. The van der Waals surface area contributed by atoms with Gasteiger partial charge in [0.2, 0.25) is 0 Å². The zero-order valence-corrected chi connectivity index (χ0v) is 19.7. The minimum atomic E-state index is -0.243. The van der Waals surface area contributed by atoms with E-state index in [1.54, 1.807) is 18.5 Å². The van der Waals surface area contributed by atoms with Crippen LogP contribution in [0.15, 0.2) is 36.8 Å². The molecule has 2 aliphatic heterocycles. The van der Waals surface area contributed by atoms with Crippen molar-refractivity contribution in [1.82, 2.24) is 24.4 Å². The summed E-state index contributed by atoms with van der Waals surface area (Å²) in [6.45, 7) is 3.78. The molecule has 0 radical (unpaired) electrons. The number of carbonyl (C=O) groups excluding carboxylic acids is 1. The average molecular weight is 464 g/mol. The molecule has 9 heteroatoms. The number of fused-ring (bicyclic) bond motifs is 1. The van der Waals surface area contributed by atoms with Crippen LogP contribution in [0.1, 0.15) is 30.1 Å². The number of nitrogens with one attached hydrogen (secondary N) is 1. The van der Waals surface area contributed by atoms with Crippen LogP contribution in [0.5, 0.6) is 0 Å². The van der Waals surface area contributed by atoms with Crippen LogP contribution in [0, 0.1) is 5.82 Å². The van der Waals surface area contributed by atoms with Crippen molar-refractivity contribution in [2.45, 2.75) is 31.7 Å². The molecule has 5 rings (SSSR count). The maximum Gasteiger partial charge on any atom is 0.156 e. The predicted octanol–water partition coefficient (Wildman–Crippen LogP) is 2.96. The number of rotatable bonds is 6. The van der Waals surface area contributed by atoms with E-state index in [2.05, 4.69) is 49.9 Å². The van der Waals surface area contributed by atoms with E-state index in [-0.39, 0.29) is 11.6 Å². The molecule has 3 aromatic rings. The molecule has 1 saturated heterocycles. The summed E-state index contributed by atoms with van der Waals surface area (Å²) in [5, 5.41) is 3.11. The quantitative estimate of drug-likeness (QED) is 0.602. The second-order valence-electron chi connectivity index (χ2n) is 9.34. The van der Waals surface area contributed by atoms with Gasteiger partial charge in [0.25, 0.3) is 0 Å². The highest BCUT2D eigenvalue weighted by Gasteiger charge is 2.29. The van der Waals surface area contributed by atoms with Gasteiger partial charge in [-0.1, -0.05) is 0 Å². The smallest absolute Gasteiger partial charge is 0.156 e. The highest BCUT2D eigenvalue weighted by Crippen LogP contribution is 2.34. The first-order valence-electron chi connectivity index (χ1n) is 11.8. The second-order valence-corrected chi connectivity index (χ2v) is 9.34. The van der Waals surface area contributed by atoms with Crippen molar-refractivity contribution in [3.05, 3.63) is 54.0 Å². The molecule has 0 bridgehead atoms. The van der Waals surface area contributed by atoms with Gasteiger partial charge < -0.3 is 19.7 Å². The van der Waals surface area contributed by atoms with Crippen LogP contribution in [0.3, 0.4) is 0 Å². The summed E-state index contributed by atoms with van der Waals surface area (Å²) >= 11 is 0. The number of carbonyl (C=O) groups is 1. The molecule has 0 aliphatic carbocycles. The van der Waals surface area contributed by atoms with Crippen molar-refractivity contribution >= 4 is 17.4 Å².